The molecule has 0 spiro atoms. The molecule has 5 nitrogen and oxygen atoms in total. The minimum absolute atomic E-state index is 0.0722. The molecule has 0 aromatic carbocycles. The highest BCUT2D eigenvalue weighted by atomic mass is 16.2. The van der Waals surface area contributed by atoms with Crippen molar-refractivity contribution in [2.24, 2.45) is 0 Å². The molecule has 2 N–H and O–H groups in total. The molecule has 1 atom stereocenters. The Labute approximate surface area is 88.3 Å². The Morgan fingerprint density at radius 1 is 1.60 bits per heavy atom. The van der Waals surface area contributed by atoms with Crippen molar-refractivity contribution in [1.29, 1.82) is 0 Å². The smallest absolute Gasteiger partial charge is 0.228 e. The van der Waals surface area contributed by atoms with Crippen molar-refractivity contribution in [3.05, 3.63) is 18.2 Å². The number of amides is 1. The van der Waals surface area contributed by atoms with Crippen molar-refractivity contribution >= 4 is 11.7 Å². The molecule has 1 heterocycles. The zero-order valence-electron chi connectivity index (χ0n) is 8.91. The molecule has 1 unspecified atom stereocenters. The van der Waals surface area contributed by atoms with E-state index in [1.165, 1.54) is 6.92 Å². The lowest BCUT2D eigenvalue weighted by Gasteiger charge is -2.13. The van der Waals surface area contributed by atoms with Gasteiger partial charge in [0.25, 0.3) is 0 Å². The molecule has 15 heavy (non-hydrogen) atoms. The topological polar surface area (TPSA) is 74.8 Å². The van der Waals surface area contributed by atoms with Crippen molar-refractivity contribution in [3.8, 4) is 0 Å². The lowest BCUT2D eigenvalue weighted by molar-refractivity contribution is -0.127. The number of imidazole rings is 1. The van der Waals surface area contributed by atoms with Gasteiger partial charge in [0, 0.05) is 12.4 Å². The van der Waals surface area contributed by atoms with Gasteiger partial charge in [0.1, 0.15) is 11.6 Å². The van der Waals surface area contributed by atoms with E-state index < -0.39 is 0 Å². The molecule has 1 rings (SSSR count). The van der Waals surface area contributed by atoms with Gasteiger partial charge in [-0.05, 0) is 13.3 Å². The van der Waals surface area contributed by atoms with Crippen molar-refractivity contribution in [3.63, 3.8) is 0 Å². The van der Waals surface area contributed by atoms with Gasteiger partial charge in [-0.25, -0.2) is 4.98 Å². The first-order valence-corrected chi connectivity index (χ1v) is 4.91. The van der Waals surface area contributed by atoms with Gasteiger partial charge in [0.15, 0.2) is 0 Å². The number of rotatable bonds is 5. The van der Waals surface area contributed by atoms with Gasteiger partial charge >= 0.3 is 0 Å². The molecular weight excluding hydrogens is 194 g/mol. The molecule has 5 heteroatoms. The maximum Gasteiger partial charge on any atom is 0.228 e. The molecule has 0 radical (unpaired) electrons. The number of aromatic nitrogens is 2. The molecule has 1 aromatic rings. The number of nitrogens with one attached hydrogen (secondary N) is 2. The first-order chi connectivity index (χ1) is 7.13. The fraction of sp³-hybridized carbons (Fsp3) is 0.500. The maximum atomic E-state index is 11.3. The third kappa shape index (κ3) is 3.53. The second-order valence-electron chi connectivity index (χ2n) is 3.38. The van der Waals surface area contributed by atoms with Gasteiger partial charge in [-0.3, -0.25) is 9.59 Å². The summed E-state index contributed by atoms with van der Waals surface area (Å²) in [6.45, 7) is 3.34. The van der Waals surface area contributed by atoms with Crippen LogP contribution in [0.25, 0.3) is 0 Å². The molecule has 82 valence electrons. The summed E-state index contributed by atoms with van der Waals surface area (Å²) < 4.78 is 0. The summed E-state index contributed by atoms with van der Waals surface area (Å²) in [7, 11) is 0. The van der Waals surface area contributed by atoms with E-state index in [9.17, 15) is 9.59 Å². The van der Waals surface area contributed by atoms with Crippen LogP contribution in [-0.2, 0) is 9.59 Å². The van der Waals surface area contributed by atoms with E-state index in [4.69, 9.17) is 0 Å². The molecule has 0 fully saturated rings. The summed E-state index contributed by atoms with van der Waals surface area (Å²) in [5.74, 6) is 0.321. The van der Waals surface area contributed by atoms with Crippen molar-refractivity contribution in [2.45, 2.75) is 32.7 Å². The second kappa shape index (κ2) is 5.29. The van der Waals surface area contributed by atoms with Crippen molar-refractivity contribution in [1.82, 2.24) is 15.3 Å². The van der Waals surface area contributed by atoms with Crippen molar-refractivity contribution < 1.29 is 9.59 Å². The summed E-state index contributed by atoms with van der Waals surface area (Å²) in [6, 6.07) is -0.146. The van der Waals surface area contributed by atoms with Gasteiger partial charge in [-0.1, -0.05) is 6.92 Å². The zero-order chi connectivity index (χ0) is 11.3. The van der Waals surface area contributed by atoms with Crippen LogP contribution in [0.15, 0.2) is 12.4 Å². The highest BCUT2D eigenvalue weighted by molar-refractivity contribution is 5.96. The van der Waals surface area contributed by atoms with E-state index in [1.807, 2.05) is 6.92 Å². The third-order valence-corrected chi connectivity index (χ3v) is 2.00. The minimum atomic E-state index is -0.259. The molecule has 1 aromatic heterocycles. The molecule has 1 amide bonds. The zero-order valence-corrected chi connectivity index (χ0v) is 8.91. The standard InChI is InChI=1S/C10H15N3O2/c1-3-8(10-11-4-5-12-10)13-9(15)6-7(2)14/h4-5,8H,3,6H2,1-2H3,(H,11,12)(H,13,15). The predicted octanol–water partition coefficient (Wildman–Crippen LogP) is 0.956. The van der Waals surface area contributed by atoms with E-state index >= 15 is 0 Å². The fourth-order valence-corrected chi connectivity index (χ4v) is 1.30. The molecule has 0 aliphatic heterocycles. The largest absolute Gasteiger partial charge is 0.347 e. The van der Waals surface area contributed by atoms with Crippen LogP contribution in [0.1, 0.15) is 38.6 Å². The monoisotopic (exact) mass is 209 g/mol. The van der Waals surface area contributed by atoms with Gasteiger partial charge in [-0.15, -0.1) is 0 Å². The average Bonchev–Trinajstić information content (AvgIpc) is 2.65. The predicted molar refractivity (Wildman–Crippen MR) is 55.1 cm³/mol. The molecule has 0 aliphatic rings. The van der Waals surface area contributed by atoms with Gasteiger partial charge in [-0.2, -0.15) is 0 Å². The molecule has 0 bridgehead atoms. The van der Waals surface area contributed by atoms with Crippen LogP contribution in [0.4, 0.5) is 0 Å². The Hall–Kier alpha value is -1.65. The summed E-state index contributed by atoms with van der Waals surface area (Å²) in [5.41, 5.74) is 0. The van der Waals surface area contributed by atoms with Crippen LogP contribution in [-0.4, -0.2) is 21.7 Å². The lowest BCUT2D eigenvalue weighted by Crippen LogP contribution is -2.29. The van der Waals surface area contributed by atoms with E-state index in [0.717, 1.165) is 12.2 Å². The number of aromatic amines is 1. The highest BCUT2D eigenvalue weighted by Gasteiger charge is 2.15. The number of carbonyl (C=O) groups excluding carboxylic acids is 2. The van der Waals surface area contributed by atoms with Gasteiger partial charge < -0.3 is 10.3 Å². The minimum Gasteiger partial charge on any atom is -0.347 e. The number of hydrogen-bond donors (Lipinski definition) is 2. The lowest BCUT2D eigenvalue weighted by atomic mass is 10.2. The normalized spacial score (nSPS) is 12.1. The van der Waals surface area contributed by atoms with E-state index in [0.29, 0.717) is 0 Å². The first-order valence-electron chi connectivity index (χ1n) is 4.91. The highest BCUT2D eigenvalue weighted by Crippen LogP contribution is 2.11. The summed E-state index contributed by atoms with van der Waals surface area (Å²) in [5, 5.41) is 2.75. The third-order valence-electron chi connectivity index (χ3n) is 2.00. The SMILES string of the molecule is CCC(NC(=O)CC(C)=O)c1ncc[nH]1. The van der Waals surface area contributed by atoms with Crippen LogP contribution < -0.4 is 5.32 Å². The van der Waals surface area contributed by atoms with Crippen LogP contribution in [0.5, 0.6) is 0 Å². The molecular formula is C10H15N3O2. The Morgan fingerprint density at radius 3 is 2.80 bits per heavy atom. The van der Waals surface area contributed by atoms with Crippen LogP contribution >= 0.6 is 0 Å². The molecule has 0 saturated heterocycles. The van der Waals surface area contributed by atoms with Gasteiger partial charge in [0.05, 0.1) is 12.5 Å². The number of H-pyrrole nitrogens is 1. The average molecular weight is 209 g/mol. The Bertz CT molecular complexity index is 332. The molecule has 0 saturated carbocycles. The first kappa shape index (κ1) is 11.4. The second-order valence-corrected chi connectivity index (χ2v) is 3.38. The number of ketones is 1. The van der Waals surface area contributed by atoms with E-state index in [1.54, 1.807) is 12.4 Å². The van der Waals surface area contributed by atoms with Gasteiger partial charge in [0.2, 0.25) is 5.91 Å². The Balaban J connectivity index is 2.54. The number of hydrogen-bond acceptors (Lipinski definition) is 3. The van der Waals surface area contributed by atoms with E-state index in [2.05, 4.69) is 15.3 Å². The number of nitrogens with zero attached hydrogens (tertiary/aromatic N) is 1. The number of Topliss-reactive ketones (excluding diaryl/α,β-unsaturated/α-hetero) is 1. The summed E-state index contributed by atoms with van der Waals surface area (Å²) in [6.07, 6.45) is 4.00. The van der Waals surface area contributed by atoms with Crippen LogP contribution in [0, 0.1) is 0 Å². The Kier molecular flexibility index (Phi) is 4.03. The summed E-state index contributed by atoms with van der Waals surface area (Å²) >= 11 is 0. The number of carbonyl (C=O) groups is 2. The molecule has 0 aliphatic carbocycles. The van der Waals surface area contributed by atoms with Crippen LogP contribution in [0.2, 0.25) is 0 Å². The quantitative estimate of drug-likeness (QED) is 0.709. The Morgan fingerprint density at radius 2 is 2.33 bits per heavy atom. The van der Waals surface area contributed by atoms with E-state index in [-0.39, 0.29) is 24.2 Å². The fourth-order valence-electron chi connectivity index (χ4n) is 1.30. The van der Waals surface area contributed by atoms with Crippen LogP contribution in [0.3, 0.4) is 0 Å². The van der Waals surface area contributed by atoms with Crippen molar-refractivity contribution in [2.75, 3.05) is 0 Å². The summed E-state index contributed by atoms with van der Waals surface area (Å²) in [4.78, 5) is 29.1. The maximum absolute atomic E-state index is 11.3.